The first-order valence-corrected chi connectivity index (χ1v) is 18.6. The number of methoxy groups -OCH3 is 2. The van der Waals surface area contributed by atoms with Crippen molar-refractivity contribution in [2.45, 2.75) is 0 Å². The second-order valence-corrected chi connectivity index (χ2v) is 13.7. The number of hydrogen-bond acceptors (Lipinski definition) is 9. The zero-order valence-electron chi connectivity index (χ0n) is 30.7. The Morgan fingerprint density at radius 3 is 1.79 bits per heavy atom. The van der Waals surface area contributed by atoms with E-state index in [4.69, 9.17) is 18.9 Å². The molecule has 0 unspecified atom stereocenters. The fraction of sp³-hybridized carbons (Fsp3) is 0.125. The lowest BCUT2D eigenvalue weighted by molar-refractivity contribution is 0.0960. The van der Waals surface area contributed by atoms with Crippen LogP contribution in [-0.2, 0) is 0 Å². The third-order valence-corrected chi connectivity index (χ3v) is 9.92. The lowest BCUT2D eigenvalue weighted by atomic mass is 10.1. The standard InChI is InChI=1S/C20H16BrN3O4.C10H8BrNO2.C10H10N2O3/c1-22-20(26)23-10-3-6-16-14(7-10)18(25)17(28-16)9-13-12-8-11(27-2)4-5-15(12)24-19(13)21;1-14-6-2-3-9-7(4-6)8(5-13)10(11)12-9;1-11-10(14)12-6-2-3-9-7(4-6)8(13)5-15-9/h3-9,24H,1-2H3,(H2,22,23,26);2-5,12H,1H3;2-4H,5H2,1H3,(H2,11,12,14)/b17-9-;;. The maximum absolute atomic E-state index is 12.8. The summed E-state index contributed by atoms with van der Waals surface area (Å²) in [6.07, 6.45) is 2.51. The first kappa shape index (κ1) is 40.1. The van der Waals surface area contributed by atoms with Crippen molar-refractivity contribution in [3.8, 4) is 23.0 Å². The molecule has 17 heteroatoms. The lowest BCUT2D eigenvalue weighted by Gasteiger charge is -2.05. The van der Waals surface area contributed by atoms with Crippen molar-refractivity contribution >= 4 is 101 Å². The highest BCUT2D eigenvalue weighted by Gasteiger charge is 2.29. The van der Waals surface area contributed by atoms with Gasteiger partial charge in [-0.1, -0.05) is 0 Å². The van der Waals surface area contributed by atoms with Crippen LogP contribution >= 0.6 is 31.9 Å². The zero-order chi connectivity index (χ0) is 40.8. The highest BCUT2D eigenvalue weighted by Crippen LogP contribution is 2.37. The maximum Gasteiger partial charge on any atom is 0.318 e. The van der Waals surface area contributed by atoms with Crippen molar-refractivity contribution in [2.24, 2.45) is 0 Å². The topological polar surface area (TPSA) is 202 Å². The Bertz CT molecular complexity index is 2600. The number of aldehydes is 1. The van der Waals surface area contributed by atoms with E-state index in [1.807, 2.05) is 36.4 Å². The Balaban J connectivity index is 0.000000159. The molecule has 292 valence electrons. The largest absolute Gasteiger partial charge is 0.497 e. The fourth-order valence-electron chi connectivity index (χ4n) is 5.79. The van der Waals surface area contributed by atoms with E-state index in [1.54, 1.807) is 56.7 Å². The van der Waals surface area contributed by atoms with Gasteiger partial charge in [-0.25, -0.2) is 9.59 Å². The van der Waals surface area contributed by atoms with Crippen LogP contribution in [0.25, 0.3) is 27.9 Å². The van der Waals surface area contributed by atoms with Crippen LogP contribution in [0.1, 0.15) is 36.6 Å². The molecule has 2 aromatic heterocycles. The van der Waals surface area contributed by atoms with E-state index in [0.717, 1.165) is 44.0 Å². The number of halogens is 2. The Labute approximate surface area is 341 Å². The van der Waals surface area contributed by atoms with E-state index < -0.39 is 0 Å². The number of amides is 4. The number of anilines is 2. The van der Waals surface area contributed by atoms with Gasteiger partial charge in [0.25, 0.3) is 0 Å². The summed E-state index contributed by atoms with van der Waals surface area (Å²) in [5.41, 5.74) is 5.23. The number of H-pyrrole nitrogens is 2. The molecule has 0 saturated carbocycles. The molecule has 4 heterocycles. The number of ether oxygens (including phenoxy) is 4. The Kier molecular flexibility index (Phi) is 12.3. The van der Waals surface area contributed by atoms with Gasteiger partial charge < -0.3 is 50.2 Å². The second kappa shape index (κ2) is 17.5. The third kappa shape index (κ3) is 8.79. The first-order valence-electron chi connectivity index (χ1n) is 17.0. The number of Topliss-reactive ketones (excluding diaryl/α,β-unsaturated/α-hetero) is 2. The van der Waals surface area contributed by atoms with Crippen molar-refractivity contribution in [3.05, 3.63) is 110 Å². The molecular formula is C40H34Br2N6O9. The number of carbonyl (C=O) groups is 5. The highest BCUT2D eigenvalue weighted by molar-refractivity contribution is 9.10. The molecular weight excluding hydrogens is 868 g/mol. The van der Waals surface area contributed by atoms with E-state index >= 15 is 0 Å². The predicted octanol–water partition coefficient (Wildman–Crippen LogP) is 8.07. The summed E-state index contributed by atoms with van der Waals surface area (Å²) in [5, 5.41) is 11.9. The number of carbonyl (C=O) groups excluding carboxylic acids is 5. The Hall–Kier alpha value is -6.59. The SMILES string of the molecule is CNC(=O)Nc1ccc2c(c1)C(=O)/C(=C/c1c(Br)[nH]c3ccc(OC)cc13)O2.CNC(=O)Nc1ccc2c(c1)C(=O)CO2.COc1ccc2[nH]c(Br)c(C=O)c2c1. The molecule has 2 aliphatic rings. The number of allylic oxidation sites excluding steroid dienone is 1. The van der Waals surface area contributed by atoms with Crippen molar-refractivity contribution in [1.82, 2.24) is 20.6 Å². The number of rotatable bonds is 6. The summed E-state index contributed by atoms with van der Waals surface area (Å²) in [5.74, 6) is 2.37. The average Bonchev–Trinajstić information content (AvgIpc) is 3.94. The molecule has 0 atom stereocenters. The van der Waals surface area contributed by atoms with Crippen LogP contribution in [0.3, 0.4) is 0 Å². The molecule has 0 radical (unpaired) electrons. The molecule has 0 saturated heterocycles. The van der Waals surface area contributed by atoms with Crippen LogP contribution in [0.2, 0.25) is 0 Å². The minimum Gasteiger partial charge on any atom is -0.497 e. The molecule has 0 spiro atoms. The summed E-state index contributed by atoms with van der Waals surface area (Å²) >= 11 is 6.79. The smallest absolute Gasteiger partial charge is 0.318 e. The molecule has 8 rings (SSSR count). The van der Waals surface area contributed by atoms with E-state index in [9.17, 15) is 24.0 Å². The van der Waals surface area contributed by atoms with Gasteiger partial charge in [-0.3, -0.25) is 14.4 Å². The van der Waals surface area contributed by atoms with Gasteiger partial charge in [-0.2, -0.15) is 0 Å². The summed E-state index contributed by atoms with van der Waals surface area (Å²) in [6.45, 7) is 0.0821. The summed E-state index contributed by atoms with van der Waals surface area (Å²) < 4.78 is 22.7. The Morgan fingerprint density at radius 1 is 0.719 bits per heavy atom. The number of urea groups is 2. The minimum atomic E-state index is -0.362. The van der Waals surface area contributed by atoms with E-state index in [0.29, 0.717) is 49.9 Å². The van der Waals surface area contributed by atoms with Crippen LogP contribution in [0.4, 0.5) is 21.0 Å². The van der Waals surface area contributed by atoms with Crippen molar-refractivity contribution in [2.75, 3.05) is 45.6 Å². The molecule has 4 amide bonds. The van der Waals surface area contributed by atoms with Gasteiger partial charge in [0.15, 0.2) is 18.7 Å². The third-order valence-electron chi connectivity index (χ3n) is 8.67. The molecule has 15 nitrogen and oxygen atoms in total. The van der Waals surface area contributed by atoms with Crippen LogP contribution < -0.4 is 40.2 Å². The van der Waals surface area contributed by atoms with Gasteiger partial charge in [0, 0.05) is 52.8 Å². The highest BCUT2D eigenvalue weighted by atomic mass is 79.9. The number of hydrogen-bond donors (Lipinski definition) is 6. The maximum atomic E-state index is 12.8. The number of ketones is 2. The van der Waals surface area contributed by atoms with Gasteiger partial charge in [0.1, 0.15) is 23.0 Å². The molecule has 0 aliphatic carbocycles. The van der Waals surface area contributed by atoms with Crippen LogP contribution in [-0.4, -0.2) is 74.8 Å². The van der Waals surface area contributed by atoms with E-state index in [2.05, 4.69) is 63.1 Å². The van der Waals surface area contributed by atoms with E-state index in [1.165, 1.54) is 14.1 Å². The summed E-state index contributed by atoms with van der Waals surface area (Å²) in [7, 11) is 6.25. The first-order chi connectivity index (χ1) is 27.5. The van der Waals surface area contributed by atoms with Crippen LogP contribution in [0.5, 0.6) is 23.0 Å². The van der Waals surface area contributed by atoms with Gasteiger partial charge in [-0.05, 0) is 111 Å². The van der Waals surface area contributed by atoms with Gasteiger partial charge in [-0.15, -0.1) is 0 Å². The Morgan fingerprint density at radius 2 is 1.25 bits per heavy atom. The summed E-state index contributed by atoms with van der Waals surface area (Å²) in [6, 6.07) is 20.4. The van der Waals surface area contributed by atoms with Gasteiger partial charge in [0.2, 0.25) is 11.6 Å². The van der Waals surface area contributed by atoms with Gasteiger partial charge in [0.05, 0.1) is 40.1 Å². The number of aromatic amines is 2. The van der Waals surface area contributed by atoms with Gasteiger partial charge >= 0.3 is 12.1 Å². The lowest BCUT2D eigenvalue weighted by Crippen LogP contribution is -2.24. The zero-order valence-corrected chi connectivity index (χ0v) is 33.9. The summed E-state index contributed by atoms with van der Waals surface area (Å²) in [4.78, 5) is 63.7. The number of aromatic nitrogens is 2. The molecule has 0 bridgehead atoms. The molecule has 0 fully saturated rings. The van der Waals surface area contributed by atoms with Crippen LogP contribution in [0, 0.1) is 0 Å². The minimum absolute atomic E-state index is 0.0643. The van der Waals surface area contributed by atoms with E-state index in [-0.39, 0.29) is 36.0 Å². The average molecular weight is 903 g/mol. The number of benzene rings is 4. The van der Waals surface area contributed by atoms with Crippen molar-refractivity contribution in [3.63, 3.8) is 0 Å². The molecule has 57 heavy (non-hydrogen) atoms. The van der Waals surface area contributed by atoms with Crippen molar-refractivity contribution in [1.29, 1.82) is 0 Å². The monoisotopic (exact) mass is 900 g/mol. The number of fused-ring (bicyclic) bond motifs is 4. The van der Waals surface area contributed by atoms with Crippen molar-refractivity contribution < 1.29 is 42.9 Å². The number of nitrogens with one attached hydrogen (secondary N) is 6. The molecule has 4 aromatic carbocycles. The predicted molar refractivity (Wildman–Crippen MR) is 222 cm³/mol. The quantitative estimate of drug-likeness (QED) is 0.0706. The molecule has 6 N–H and O–H groups in total. The second-order valence-electron chi connectivity index (χ2n) is 12.1. The fourth-order valence-corrected chi connectivity index (χ4v) is 6.85. The van der Waals surface area contributed by atoms with Crippen LogP contribution in [0.15, 0.2) is 87.8 Å². The molecule has 6 aromatic rings. The molecule has 2 aliphatic heterocycles. The normalized spacial score (nSPS) is 12.9.